The molecule has 0 bridgehead atoms. The Morgan fingerprint density at radius 1 is 0.800 bits per heavy atom. The van der Waals surface area contributed by atoms with E-state index in [1.54, 1.807) is 7.11 Å². The van der Waals surface area contributed by atoms with Gasteiger partial charge in [-0.15, -0.1) is 0 Å². The van der Waals surface area contributed by atoms with E-state index in [1.807, 2.05) is 54.6 Å². The molecule has 98 valence electrons. The zero-order valence-corrected chi connectivity index (χ0v) is 11.0. The minimum atomic E-state index is 0.608. The van der Waals surface area contributed by atoms with Crippen molar-refractivity contribution in [3.05, 3.63) is 60.9 Å². The average molecular weight is 263 g/mol. The summed E-state index contributed by atoms with van der Waals surface area (Å²) in [7, 11) is 1.64. The monoisotopic (exact) mass is 263 g/mol. The van der Waals surface area contributed by atoms with Crippen LogP contribution in [0.2, 0.25) is 0 Å². The zero-order chi connectivity index (χ0) is 13.8. The maximum absolute atomic E-state index is 5.34. The summed E-state index contributed by atoms with van der Waals surface area (Å²) < 4.78 is 5.34. The zero-order valence-electron chi connectivity index (χ0n) is 11.0. The third-order valence-corrected chi connectivity index (χ3v) is 2.95. The van der Waals surface area contributed by atoms with E-state index in [2.05, 4.69) is 15.0 Å². The Bertz CT molecular complexity index is 714. The van der Waals surface area contributed by atoms with Crippen molar-refractivity contribution in [3.63, 3.8) is 0 Å². The first-order chi connectivity index (χ1) is 9.88. The Morgan fingerprint density at radius 3 is 2.30 bits per heavy atom. The van der Waals surface area contributed by atoms with Crippen LogP contribution in [0.3, 0.4) is 0 Å². The van der Waals surface area contributed by atoms with Gasteiger partial charge in [-0.25, -0.2) is 15.0 Å². The lowest BCUT2D eigenvalue weighted by Crippen LogP contribution is -1.96. The van der Waals surface area contributed by atoms with Crippen LogP contribution in [0.4, 0.5) is 0 Å². The number of methoxy groups -OCH3 is 1. The van der Waals surface area contributed by atoms with E-state index in [0.717, 1.165) is 16.9 Å². The highest BCUT2D eigenvalue weighted by molar-refractivity contribution is 5.66. The van der Waals surface area contributed by atoms with E-state index in [9.17, 15) is 0 Å². The van der Waals surface area contributed by atoms with Crippen LogP contribution in [0.25, 0.3) is 22.8 Å². The molecule has 0 spiro atoms. The van der Waals surface area contributed by atoms with Crippen molar-refractivity contribution in [1.82, 2.24) is 15.0 Å². The lowest BCUT2D eigenvalue weighted by molar-refractivity contribution is 0.416. The first kappa shape index (κ1) is 12.3. The number of rotatable bonds is 3. The molecule has 0 unspecified atom stereocenters. The van der Waals surface area contributed by atoms with Crippen molar-refractivity contribution >= 4 is 0 Å². The molecule has 4 nitrogen and oxygen atoms in total. The van der Waals surface area contributed by atoms with Crippen LogP contribution in [0.5, 0.6) is 5.75 Å². The smallest absolute Gasteiger partial charge is 0.167 e. The topological polar surface area (TPSA) is 47.9 Å². The highest BCUT2D eigenvalue weighted by Gasteiger charge is 2.09. The highest BCUT2D eigenvalue weighted by Crippen LogP contribution is 2.27. The Morgan fingerprint density at radius 2 is 1.50 bits per heavy atom. The molecular formula is C16H13N3O. The molecule has 0 radical (unpaired) electrons. The summed E-state index contributed by atoms with van der Waals surface area (Å²) in [4.78, 5) is 13.0. The fourth-order valence-electron chi connectivity index (χ4n) is 1.98. The summed E-state index contributed by atoms with van der Waals surface area (Å²) in [5.41, 5.74) is 1.82. The van der Waals surface area contributed by atoms with Gasteiger partial charge in [-0.2, -0.15) is 0 Å². The Kier molecular flexibility index (Phi) is 3.37. The molecule has 3 rings (SSSR count). The molecule has 0 saturated heterocycles. The van der Waals surface area contributed by atoms with Crippen LogP contribution >= 0.6 is 0 Å². The molecule has 3 aromatic rings. The van der Waals surface area contributed by atoms with Crippen LogP contribution in [0.1, 0.15) is 0 Å². The fraction of sp³-hybridized carbons (Fsp3) is 0.0625. The third-order valence-electron chi connectivity index (χ3n) is 2.95. The van der Waals surface area contributed by atoms with Gasteiger partial charge >= 0.3 is 0 Å². The van der Waals surface area contributed by atoms with Crippen molar-refractivity contribution in [2.45, 2.75) is 0 Å². The van der Waals surface area contributed by atoms with Gasteiger partial charge in [-0.1, -0.05) is 42.5 Å². The molecule has 2 aromatic carbocycles. The van der Waals surface area contributed by atoms with E-state index < -0.39 is 0 Å². The molecule has 0 amide bonds. The van der Waals surface area contributed by atoms with Crippen molar-refractivity contribution in [1.29, 1.82) is 0 Å². The van der Waals surface area contributed by atoms with E-state index in [4.69, 9.17) is 4.74 Å². The minimum absolute atomic E-state index is 0.608. The fourth-order valence-corrected chi connectivity index (χ4v) is 1.98. The number of hydrogen-bond donors (Lipinski definition) is 0. The first-order valence-electron chi connectivity index (χ1n) is 6.26. The molecule has 0 aliphatic rings. The molecule has 0 fully saturated rings. The van der Waals surface area contributed by atoms with E-state index in [0.29, 0.717) is 11.6 Å². The molecule has 20 heavy (non-hydrogen) atoms. The summed E-state index contributed by atoms with van der Waals surface area (Å²) in [6.07, 6.45) is 1.52. The van der Waals surface area contributed by atoms with Crippen LogP contribution in [-0.2, 0) is 0 Å². The minimum Gasteiger partial charge on any atom is -0.496 e. The average Bonchev–Trinajstić information content (AvgIpc) is 2.56. The Labute approximate surface area is 117 Å². The number of benzene rings is 2. The van der Waals surface area contributed by atoms with Gasteiger partial charge < -0.3 is 4.74 Å². The van der Waals surface area contributed by atoms with Crippen molar-refractivity contribution in [3.8, 4) is 28.5 Å². The van der Waals surface area contributed by atoms with Crippen molar-refractivity contribution in [2.24, 2.45) is 0 Å². The summed E-state index contributed by atoms with van der Waals surface area (Å²) >= 11 is 0. The maximum atomic E-state index is 5.34. The van der Waals surface area contributed by atoms with Gasteiger partial charge in [0, 0.05) is 5.56 Å². The maximum Gasteiger partial charge on any atom is 0.167 e. The summed E-state index contributed by atoms with van der Waals surface area (Å²) in [5.74, 6) is 2.01. The molecule has 0 N–H and O–H groups in total. The molecule has 1 aromatic heterocycles. The van der Waals surface area contributed by atoms with Gasteiger partial charge in [-0.3, -0.25) is 0 Å². The molecule has 0 saturated carbocycles. The van der Waals surface area contributed by atoms with Gasteiger partial charge in [0.2, 0.25) is 0 Å². The quantitative estimate of drug-likeness (QED) is 0.728. The van der Waals surface area contributed by atoms with E-state index in [1.165, 1.54) is 6.33 Å². The third kappa shape index (κ3) is 2.36. The highest BCUT2D eigenvalue weighted by atomic mass is 16.5. The van der Waals surface area contributed by atoms with E-state index >= 15 is 0 Å². The van der Waals surface area contributed by atoms with Crippen LogP contribution < -0.4 is 4.74 Å². The molecule has 0 aliphatic heterocycles. The Balaban J connectivity index is 2.08. The predicted molar refractivity (Wildman–Crippen MR) is 77.3 cm³/mol. The molecule has 0 atom stereocenters. The van der Waals surface area contributed by atoms with Gasteiger partial charge in [-0.05, 0) is 12.1 Å². The molecule has 0 aliphatic carbocycles. The SMILES string of the molecule is COc1ccccc1-c1ncnc(-c2ccccc2)n1. The number of nitrogens with zero attached hydrogens (tertiary/aromatic N) is 3. The van der Waals surface area contributed by atoms with Crippen LogP contribution in [0.15, 0.2) is 60.9 Å². The molecular weight excluding hydrogens is 250 g/mol. The van der Waals surface area contributed by atoms with Gasteiger partial charge in [0.25, 0.3) is 0 Å². The van der Waals surface area contributed by atoms with Crippen LogP contribution in [-0.4, -0.2) is 22.1 Å². The van der Waals surface area contributed by atoms with Gasteiger partial charge in [0.1, 0.15) is 12.1 Å². The second kappa shape index (κ2) is 5.48. The second-order valence-corrected chi connectivity index (χ2v) is 4.20. The van der Waals surface area contributed by atoms with Crippen molar-refractivity contribution < 1.29 is 4.74 Å². The lowest BCUT2D eigenvalue weighted by atomic mass is 10.1. The summed E-state index contributed by atoms with van der Waals surface area (Å²) in [6.45, 7) is 0. The number of aromatic nitrogens is 3. The Hall–Kier alpha value is -2.75. The normalized spacial score (nSPS) is 10.2. The second-order valence-electron chi connectivity index (χ2n) is 4.20. The van der Waals surface area contributed by atoms with E-state index in [-0.39, 0.29) is 0 Å². The summed E-state index contributed by atoms with van der Waals surface area (Å²) in [6, 6.07) is 17.5. The van der Waals surface area contributed by atoms with Crippen molar-refractivity contribution in [2.75, 3.05) is 7.11 Å². The predicted octanol–water partition coefficient (Wildman–Crippen LogP) is 3.21. The van der Waals surface area contributed by atoms with Crippen LogP contribution in [0, 0.1) is 0 Å². The molecule has 4 heteroatoms. The summed E-state index contributed by atoms with van der Waals surface area (Å²) in [5, 5.41) is 0. The number of hydrogen-bond acceptors (Lipinski definition) is 4. The largest absolute Gasteiger partial charge is 0.496 e. The number of para-hydroxylation sites is 1. The first-order valence-corrected chi connectivity index (χ1v) is 6.26. The van der Waals surface area contributed by atoms with Gasteiger partial charge in [0.05, 0.1) is 12.7 Å². The standard InChI is InChI=1S/C16H13N3O/c1-20-14-10-6-5-9-13(14)16-18-11-17-15(19-16)12-7-3-2-4-8-12/h2-11H,1H3. The molecule has 1 heterocycles. The lowest BCUT2D eigenvalue weighted by Gasteiger charge is -2.07. The number of ether oxygens (including phenoxy) is 1. The van der Waals surface area contributed by atoms with Gasteiger partial charge in [0.15, 0.2) is 11.6 Å².